The number of hydrogen-bond donors (Lipinski definition) is 1. The molecule has 4 rings (SSSR count). The minimum absolute atomic E-state index is 0. The monoisotopic (exact) mass is 575 g/mol. The zero-order valence-electron chi connectivity index (χ0n) is 17.4. The maximum absolute atomic E-state index is 5.97. The van der Waals surface area contributed by atoms with Crippen LogP contribution in [0.25, 0.3) is 10.9 Å². The molecule has 1 aromatic carbocycles. The van der Waals surface area contributed by atoms with E-state index in [0.29, 0.717) is 5.02 Å². The van der Waals surface area contributed by atoms with Gasteiger partial charge in [-0.15, -0.1) is 0 Å². The summed E-state index contributed by atoms with van der Waals surface area (Å²) >= 11 is 5.97. The summed E-state index contributed by atoms with van der Waals surface area (Å²) in [6, 6.07) is 7.75. The summed E-state index contributed by atoms with van der Waals surface area (Å²) in [6.07, 6.45) is 18.6. The van der Waals surface area contributed by atoms with Crippen molar-refractivity contribution in [1.29, 1.82) is 0 Å². The number of fused-ring (bicyclic) bond motifs is 1. The molecule has 0 bridgehead atoms. The van der Waals surface area contributed by atoms with Gasteiger partial charge in [-0.2, -0.15) is 0 Å². The summed E-state index contributed by atoms with van der Waals surface area (Å²) in [5, 5.41) is 5.23. The van der Waals surface area contributed by atoms with E-state index < -0.39 is 0 Å². The van der Waals surface area contributed by atoms with Crippen molar-refractivity contribution >= 4 is 28.2 Å². The van der Waals surface area contributed by atoms with E-state index in [4.69, 9.17) is 11.6 Å². The maximum Gasteiger partial charge on any atom is 2.00 e. The SMILES string of the molecule is C[N+](C)(C)C[C]1[CH][CH][CH][CH]1.Clc1ccc2c(NC[C]3[CH][CH][CH][CH]3)ccnc2c1.[Fe+2].[I-]. The van der Waals surface area contributed by atoms with Crippen molar-refractivity contribution < 1.29 is 45.5 Å². The summed E-state index contributed by atoms with van der Waals surface area (Å²) in [6.45, 7) is 1.93. The molecule has 0 amide bonds. The van der Waals surface area contributed by atoms with Crippen LogP contribution < -0.4 is 29.3 Å². The molecular weight excluding hydrogens is 548 g/mol. The number of pyridine rings is 1. The first-order valence-corrected chi connectivity index (χ1v) is 9.78. The summed E-state index contributed by atoms with van der Waals surface area (Å²) in [5.74, 6) is 2.70. The van der Waals surface area contributed by atoms with Crippen molar-refractivity contribution in [2.24, 2.45) is 0 Å². The Balaban J connectivity index is 0.000000325. The molecule has 1 heterocycles. The number of benzene rings is 1. The molecule has 1 aromatic heterocycles. The predicted molar refractivity (Wildman–Crippen MR) is 119 cm³/mol. The Bertz CT molecular complexity index is 754. The zero-order valence-corrected chi connectivity index (χ0v) is 21.4. The van der Waals surface area contributed by atoms with Crippen LogP contribution in [0.5, 0.6) is 0 Å². The summed E-state index contributed by atoms with van der Waals surface area (Å²) in [4.78, 5) is 4.32. The van der Waals surface area contributed by atoms with E-state index in [-0.39, 0.29) is 41.0 Å². The number of aromatic nitrogens is 1. The van der Waals surface area contributed by atoms with Gasteiger partial charge in [0, 0.05) is 40.7 Å². The minimum atomic E-state index is 0. The van der Waals surface area contributed by atoms with E-state index in [0.717, 1.165) is 34.2 Å². The second kappa shape index (κ2) is 13.5. The Labute approximate surface area is 215 Å². The number of nitrogens with one attached hydrogen (secondary N) is 1. The van der Waals surface area contributed by atoms with Gasteiger partial charge < -0.3 is 33.8 Å². The smallest absolute Gasteiger partial charge is 1.00 e. The Morgan fingerprint density at radius 2 is 1.50 bits per heavy atom. The second-order valence-corrected chi connectivity index (χ2v) is 8.34. The topological polar surface area (TPSA) is 24.9 Å². The van der Waals surface area contributed by atoms with E-state index in [1.807, 2.05) is 37.1 Å². The number of anilines is 1. The number of rotatable bonds is 5. The molecule has 1 N–H and O–H groups in total. The van der Waals surface area contributed by atoms with E-state index in [9.17, 15) is 0 Å². The summed E-state index contributed by atoms with van der Waals surface area (Å²) < 4.78 is 1.00. The molecule has 10 radical (unpaired) electrons. The standard InChI is InChI=1S/C15H12ClN2.C9H15N.Fe.HI/c16-12-5-6-13-14(7-8-17-15(13)9-12)18-10-11-3-1-2-4-11;1-10(2,3)8-9-6-4-5-7-9;;/h1-9H,10H2,(H,17,18);4-7H,8H2,1-3H3;;1H/q;+1;+2;/p-1. The summed E-state index contributed by atoms with van der Waals surface area (Å²) in [7, 11) is 6.60. The predicted octanol–water partition coefficient (Wildman–Crippen LogP) is 1.80. The van der Waals surface area contributed by atoms with Gasteiger partial charge in [-0.1, -0.05) is 11.6 Å². The minimum Gasteiger partial charge on any atom is -1.00 e. The van der Waals surface area contributed by atoms with Gasteiger partial charge in [0.15, 0.2) is 0 Å². The molecule has 3 nitrogen and oxygen atoms in total. The largest absolute Gasteiger partial charge is 2.00 e. The van der Waals surface area contributed by atoms with Gasteiger partial charge in [-0.05, 0) is 75.6 Å². The quantitative estimate of drug-likeness (QED) is 0.334. The molecule has 2 aromatic rings. The van der Waals surface area contributed by atoms with E-state index >= 15 is 0 Å². The molecule has 2 aliphatic carbocycles. The zero-order chi connectivity index (χ0) is 20.0. The third-order valence-corrected chi connectivity index (χ3v) is 4.54. The molecule has 158 valence electrons. The Kier molecular flexibility index (Phi) is 12.6. The number of halogens is 2. The van der Waals surface area contributed by atoms with Gasteiger partial charge in [0.25, 0.3) is 0 Å². The maximum atomic E-state index is 5.97. The molecular formula is C24H27ClFeIN3+2. The van der Waals surface area contributed by atoms with Crippen LogP contribution in [0.4, 0.5) is 5.69 Å². The van der Waals surface area contributed by atoms with Crippen LogP contribution >= 0.6 is 11.6 Å². The molecule has 2 aliphatic rings. The molecule has 30 heavy (non-hydrogen) atoms. The fraction of sp³-hybridized carbons (Fsp3) is 0.208. The van der Waals surface area contributed by atoms with Crippen LogP contribution in [0.15, 0.2) is 30.5 Å². The van der Waals surface area contributed by atoms with Crippen molar-refractivity contribution in [3.8, 4) is 0 Å². The fourth-order valence-corrected chi connectivity index (χ4v) is 3.24. The molecule has 2 saturated carbocycles. The van der Waals surface area contributed by atoms with Gasteiger partial charge in [0.2, 0.25) is 0 Å². The first-order valence-electron chi connectivity index (χ1n) is 9.40. The Hall–Kier alpha value is -0.0705. The summed E-state index contributed by atoms with van der Waals surface area (Å²) in [5.41, 5.74) is 1.99. The molecule has 6 heteroatoms. The van der Waals surface area contributed by atoms with Gasteiger partial charge in [0.1, 0.15) is 0 Å². The average Bonchev–Trinajstić information content (AvgIpc) is 3.32. The number of hydrogen-bond acceptors (Lipinski definition) is 2. The third-order valence-electron chi connectivity index (χ3n) is 4.31. The Morgan fingerprint density at radius 1 is 0.900 bits per heavy atom. The molecule has 0 aliphatic heterocycles. The van der Waals surface area contributed by atoms with Gasteiger partial charge in [0.05, 0.1) is 33.2 Å². The van der Waals surface area contributed by atoms with Crippen LogP contribution in [-0.4, -0.2) is 43.7 Å². The third kappa shape index (κ3) is 9.20. The van der Waals surface area contributed by atoms with Gasteiger partial charge in [-0.25, -0.2) is 0 Å². The molecule has 2 fully saturated rings. The Morgan fingerprint density at radius 3 is 2.10 bits per heavy atom. The molecule has 0 spiro atoms. The molecule has 0 unspecified atom stereocenters. The van der Waals surface area contributed by atoms with Crippen LogP contribution in [-0.2, 0) is 17.1 Å². The van der Waals surface area contributed by atoms with Crippen LogP contribution in [0.1, 0.15) is 0 Å². The van der Waals surface area contributed by atoms with Crippen LogP contribution in [0.2, 0.25) is 5.02 Å². The van der Waals surface area contributed by atoms with Crippen LogP contribution in [0.3, 0.4) is 0 Å². The average molecular weight is 576 g/mol. The van der Waals surface area contributed by atoms with Crippen molar-refractivity contribution in [1.82, 2.24) is 4.98 Å². The van der Waals surface area contributed by atoms with Crippen LogP contribution in [0, 0.1) is 63.2 Å². The second-order valence-electron chi connectivity index (χ2n) is 7.91. The number of quaternary nitrogens is 1. The van der Waals surface area contributed by atoms with Crippen molar-refractivity contribution in [3.05, 3.63) is 98.7 Å². The van der Waals surface area contributed by atoms with Crippen molar-refractivity contribution in [2.45, 2.75) is 0 Å². The molecule has 0 atom stereocenters. The fourth-order valence-electron chi connectivity index (χ4n) is 3.07. The van der Waals surface area contributed by atoms with E-state index in [2.05, 4.69) is 70.0 Å². The van der Waals surface area contributed by atoms with E-state index in [1.54, 1.807) is 6.20 Å². The van der Waals surface area contributed by atoms with Crippen molar-refractivity contribution in [3.63, 3.8) is 0 Å². The number of nitrogens with zero attached hydrogens (tertiary/aromatic N) is 2. The van der Waals surface area contributed by atoms with E-state index in [1.165, 1.54) is 11.8 Å². The van der Waals surface area contributed by atoms with Gasteiger partial charge >= 0.3 is 17.1 Å². The normalized spacial score (nSPS) is 17.1. The first kappa shape index (κ1) is 28.0. The van der Waals surface area contributed by atoms with Gasteiger partial charge in [-0.3, -0.25) is 4.98 Å². The first-order chi connectivity index (χ1) is 13.4. The van der Waals surface area contributed by atoms with Crippen molar-refractivity contribution in [2.75, 3.05) is 39.5 Å². The molecule has 0 saturated heterocycles.